The van der Waals surface area contributed by atoms with Crippen LogP contribution >= 0.6 is 0 Å². The summed E-state index contributed by atoms with van der Waals surface area (Å²) in [5.74, 6) is -0.628. The fourth-order valence-electron chi connectivity index (χ4n) is 6.74. The Morgan fingerprint density at radius 2 is 0.606 bits per heavy atom. The van der Waals surface area contributed by atoms with E-state index in [9.17, 15) is 14.7 Å². The van der Waals surface area contributed by atoms with Crippen LogP contribution in [0.2, 0.25) is 0 Å². The lowest BCUT2D eigenvalue weighted by Gasteiger charge is -2.15. The highest BCUT2D eigenvalue weighted by Crippen LogP contribution is 2.13. The molecule has 5 nitrogen and oxygen atoms in total. The van der Waals surface area contributed by atoms with Gasteiger partial charge in [0.05, 0.1) is 6.61 Å². The molecular formula is C61H96O5. The number of aliphatic hydroxyl groups excluding tert-OH is 1. The number of hydrogen-bond acceptors (Lipinski definition) is 5. The summed E-state index contributed by atoms with van der Waals surface area (Å²) in [7, 11) is 0. The number of allylic oxidation sites excluding steroid dienone is 24. The zero-order valence-electron chi connectivity index (χ0n) is 42.1. The molecule has 66 heavy (non-hydrogen) atoms. The summed E-state index contributed by atoms with van der Waals surface area (Å²) < 4.78 is 10.7. The summed E-state index contributed by atoms with van der Waals surface area (Å²) in [5.41, 5.74) is 0. The van der Waals surface area contributed by atoms with E-state index in [2.05, 4.69) is 160 Å². The minimum atomic E-state index is -0.796. The van der Waals surface area contributed by atoms with Crippen molar-refractivity contribution in [3.05, 3.63) is 146 Å². The number of aliphatic hydroxyl groups is 1. The molecule has 1 atom stereocenters. The average molecular weight is 909 g/mol. The molecule has 0 fully saturated rings. The quantitative estimate of drug-likeness (QED) is 0.0374. The van der Waals surface area contributed by atoms with Crippen molar-refractivity contribution in [1.82, 2.24) is 0 Å². The van der Waals surface area contributed by atoms with Crippen molar-refractivity contribution < 1.29 is 24.2 Å². The predicted octanol–water partition coefficient (Wildman–Crippen LogP) is 17.9. The van der Waals surface area contributed by atoms with Crippen molar-refractivity contribution in [2.45, 2.75) is 213 Å². The van der Waals surface area contributed by atoms with E-state index >= 15 is 0 Å². The van der Waals surface area contributed by atoms with Crippen molar-refractivity contribution >= 4 is 11.9 Å². The van der Waals surface area contributed by atoms with E-state index in [1.807, 2.05) is 0 Å². The second kappa shape index (κ2) is 55.1. The van der Waals surface area contributed by atoms with E-state index in [-0.39, 0.29) is 25.2 Å². The molecule has 0 aromatic heterocycles. The minimum absolute atomic E-state index is 0.0866. The van der Waals surface area contributed by atoms with Gasteiger partial charge in [0.1, 0.15) is 6.61 Å². The Morgan fingerprint density at radius 1 is 0.348 bits per heavy atom. The van der Waals surface area contributed by atoms with Gasteiger partial charge in [0.25, 0.3) is 0 Å². The fraction of sp³-hybridized carbons (Fsp3) is 0.574. The summed E-state index contributed by atoms with van der Waals surface area (Å²) in [5, 5.41) is 9.64. The lowest BCUT2D eigenvalue weighted by atomic mass is 10.1. The maximum Gasteiger partial charge on any atom is 0.306 e. The minimum Gasteiger partial charge on any atom is -0.462 e. The predicted molar refractivity (Wildman–Crippen MR) is 287 cm³/mol. The highest BCUT2D eigenvalue weighted by atomic mass is 16.6. The summed E-state index contributed by atoms with van der Waals surface area (Å²) >= 11 is 0. The highest BCUT2D eigenvalue weighted by Gasteiger charge is 2.16. The first kappa shape index (κ1) is 61.8. The first-order valence-corrected chi connectivity index (χ1v) is 26.4. The largest absolute Gasteiger partial charge is 0.462 e. The van der Waals surface area contributed by atoms with Gasteiger partial charge in [-0.3, -0.25) is 9.59 Å². The molecule has 0 saturated heterocycles. The molecule has 5 heteroatoms. The first-order chi connectivity index (χ1) is 32.6. The Bertz CT molecular complexity index is 1450. The number of esters is 2. The zero-order valence-corrected chi connectivity index (χ0v) is 42.1. The van der Waals surface area contributed by atoms with Crippen LogP contribution in [0.15, 0.2) is 146 Å². The number of carbonyl (C=O) groups is 2. The SMILES string of the molecule is CC/C=C\C/C=C\C/C=C\C/C=C\C/C=C\C/C=C\C/C=C\CCCCCCCCCC(=O)OC(CO)COC(=O)CCCCCCCCC/C=C\C/C=C\C/C=C\C/C=C\C/C=C\CC. The summed E-state index contributed by atoms with van der Waals surface area (Å²) in [6, 6.07) is 0. The molecule has 0 rings (SSSR count). The van der Waals surface area contributed by atoms with Gasteiger partial charge >= 0.3 is 11.9 Å². The maximum atomic E-state index is 12.3. The Labute approximate surface area is 406 Å². The maximum absolute atomic E-state index is 12.3. The molecule has 370 valence electrons. The van der Waals surface area contributed by atoms with Crippen LogP contribution in [0.3, 0.4) is 0 Å². The van der Waals surface area contributed by atoms with Gasteiger partial charge in [0.2, 0.25) is 0 Å². The lowest BCUT2D eigenvalue weighted by molar-refractivity contribution is -0.161. The number of unbranched alkanes of at least 4 members (excludes halogenated alkanes) is 14. The van der Waals surface area contributed by atoms with Crippen LogP contribution in [0.5, 0.6) is 0 Å². The van der Waals surface area contributed by atoms with E-state index in [0.29, 0.717) is 12.8 Å². The third-order valence-corrected chi connectivity index (χ3v) is 10.6. The van der Waals surface area contributed by atoms with E-state index in [4.69, 9.17) is 9.47 Å². The molecule has 0 aliphatic carbocycles. The standard InChI is InChI=1S/C61H96O5/c1-3-5-7-9-11-13-15-17-19-21-23-25-27-28-29-30-31-32-34-36-38-40-42-44-46-48-50-52-54-56-61(64)66-59(57-62)58-65-60(63)55-53-51-49-47-45-43-41-39-37-35-33-26-24-22-20-18-16-14-12-10-8-6-4-2/h5-8,11-14,17-20,23-26,28-29,31-32,35-38,59,62H,3-4,9-10,15-16,21-22,27,30,33-34,39-58H2,1-2H3/b7-5-,8-6-,13-11-,14-12-,19-17-,20-18-,25-23-,26-24-,29-28-,32-31-,37-35-,38-36-. The van der Waals surface area contributed by atoms with Crippen molar-refractivity contribution in [1.29, 1.82) is 0 Å². The molecule has 0 saturated carbocycles. The van der Waals surface area contributed by atoms with Crippen LogP contribution in [0.25, 0.3) is 0 Å². The van der Waals surface area contributed by atoms with Gasteiger partial charge in [-0.25, -0.2) is 0 Å². The summed E-state index contributed by atoms with van der Waals surface area (Å²) in [6.45, 7) is 3.88. The topological polar surface area (TPSA) is 72.8 Å². The normalized spacial score (nSPS) is 13.4. The molecule has 0 spiro atoms. The number of rotatable bonds is 46. The molecule has 0 aliphatic heterocycles. The van der Waals surface area contributed by atoms with Gasteiger partial charge < -0.3 is 14.6 Å². The van der Waals surface area contributed by atoms with Crippen LogP contribution in [0, 0.1) is 0 Å². The van der Waals surface area contributed by atoms with Gasteiger partial charge in [-0.15, -0.1) is 0 Å². The highest BCUT2D eigenvalue weighted by molar-refractivity contribution is 5.70. The Balaban J connectivity index is 3.63. The summed E-state index contributed by atoms with van der Waals surface area (Å²) in [6.07, 6.45) is 83.6. The molecular weight excluding hydrogens is 813 g/mol. The van der Waals surface area contributed by atoms with Crippen LogP contribution in [-0.2, 0) is 19.1 Å². The van der Waals surface area contributed by atoms with Gasteiger partial charge in [0.15, 0.2) is 6.10 Å². The summed E-state index contributed by atoms with van der Waals surface area (Å²) in [4.78, 5) is 24.5. The first-order valence-electron chi connectivity index (χ1n) is 26.4. The van der Waals surface area contributed by atoms with Crippen molar-refractivity contribution in [2.24, 2.45) is 0 Å². The van der Waals surface area contributed by atoms with Crippen molar-refractivity contribution in [3.8, 4) is 0 Å². The molecule has 0 aromatic carbocycles. The molecule has 1 unspecified atom stereocenters. The molecule has 0 radical (unpaired) electrons. The second-order valence-corrected chi connectivity index (χ2v) is 16.8. The molecule has 0 bridgehead atoms. The van der Waals surface area contributed by atoms with E-state index in [1.54, 1.807) is 0 Å². The van der Waals surface area contributed by atoms with Gasteiger partial charge in [-0.05, 0) is 116 Å². The smallest absolute Gasteiger partial charge is 0.306 e. The zero-order chi connectivity index (χ0) is 47.7. The Hall–Kier alpha value is -4.22. The third-order valence-electron chi connectivity index (χ3n) is 10.6. The Kier molecular flexibility index (Phi) is 51.6. The van der Waals surface area contributed by atoms with Crippen molar-refractivity contribution in [3.63, 3.8) is 0 Å². The lowest BCUT2D eigenvalue weighted by Crippen LogP contribution is -2.28. The monoisotopic (exact) mass is 909 g/mol. The van der Waals surface area contributed by atoms with Crippen LogP contribution in [0.1, 0.15) is 206 Å². The van der Waals surface area contributed by atoms with Gasteiger partial charge in [0, 0.05) is 12.8 Å². The van der Waals surface area contributed by atoms with E-state index < -0.39 is 6.10 Å². The molecule has 0 heterocycles. The number of carbonyl (C=O) groups excluding carboxylic acids is 2. The second-order valence-electron chi connectivity index (χ2n) is 16.8. The molecule has 0 amide bonds. The van der Waals surface area contributed by atoms with Gasteiger partial charge in [-0.1, -0.05) is 224 Å². The molecule has 0 aliphatic rings. The third kappa shape index (κ3) is 52.4. The fourth-order valence-corrected chi connectivity index (χ4v) is 6.74. The van der Waals surface area contributed by atoms with Crippen molar-refractivity contribution in [2.75, 3.05) is 13.2 Å². The average Bonchev–Trinajstić information content (AvgIpc) is 3.32. The van der Waals surface area contributed by atoms with Crippen LogP contribution in [0.4, 0.5) is 0 Å². The molecule has 0 aromatic rings. The Morgan fingerprint density at radius 3 is 0.909 bits per heavy atom. The van der Waals surface area contributed by atoms with E-state index in [0.717, 1.165) is 128 Å². The van der Waals surface area contributed by atoms with Crippen LogP contribution in [-0.4, -0.2) is 36.4 Å². The van der Waals surface area contributed by atoms with Gasteiger partial charge in [-0.2, -0.15) is 0 Å². The van der Waals surface area contributed by atoms with E-state index in [1.165, 1.54) is 51.4 Å². The number of ether oxygens (including phenoxy) is 2. The van der Waals surface area contributed by atoms with Crippen LogP contribution < -0.4 is 0 Å². The molecule has 1 N–H and O–H groups in total. The number of hydrogen-bond donors (Lipinski definition) is 1.